The molecule has 1 amide bonds. The van der Waals surface area contributed by atoms with Crippen LogP contribution < -0.4 is 5.32 Å². The lowest BCUT2D eigenvalue weighted by Crippen LogP contribution is -2.42. The molecule has 1 fully saturated rings. The number of aldehydes is 1. The molecule has 0 unspecified atom stereocenters. The molecule has 1 aliphatic rings. The van der Waals surface area contributed by atoms with Crippen molar-refractivity contribution in [2.75, 3.05) is 6.61 Å². The van der Waals surface area contributed by atoms with Crippen molar-refractivity contribution in [1.29, 1.82) is 0 Å². The monoisotopic (exact) mass is 303 g/mol. The summed E-state index contributed by atoms with van der Waals surface area (Å²) in [7, 11) is 0. The number of amides is 1. The van der Waals surface area contributed by atoms with Gasteiger partial charge in [0.15, 0.2) is 6.61 Å². The Morgan fingerprint density at radius 3 is 2.55 bits per heavy atom. The number of hydrogen-bond donors (Lipinski definition) is 1. The molecule has 0 heterocycles. The minimum atomic E-state index is -0.565. The number of esters is 1. The third kappa shape index (κ3) is 4.41. The Morgan fingerprint density at radius 1 is 1.23 bits per heavy atom. The highest BCUT2D eigenvalue weighted by Gasteiger charge is 2.23. The lowest BCUT2D eigenvalue weighted by atomic mass is 9.86. The van der Waals surface area contributed by atoms with Gasteiger partial charge in [-0.3, -0.25) is 9.59 Å². The Hall–Kier alpha value is -2.17. The second-order valence-electron chi connectivity index (χ2n) is 5.75. The van der Waals surface area contributed by atoms with Gasteiger partial charge in [0, 0.05) is 11.6 Å². The second kappa shape index (κ2) is 7.73. The van der Waals surface area contributed by atoms with Crippen molar-refractivity contribution >= 4 is 18.2 Å². The summed E-state index contributed by atoms with van der Waals surface area (Å²) in [5.74, 6) is -0.370. The van der Waals surface area contributed by atoms with Crippen LogP contribution in [-0.2, 0) is 9.53 Å². The van der Waals surface area contributed by atoms with Crippen LogP contribution in [0.4, 0.5) is 0 Å². The molecule has 22 heavy (non-hydrogen) atoms. The first-order valence-corrected chi connectivity index (χ1v) is 7.62. The van der Waals surface area contributed by atoms with Crippen molar-refractivity contribution < 1.29 is 19.1 Å². The molecule has 0 aliphatic heterocycles. The van der Waals surface area contributed by atoms with E-state index in [-0.39, 0.29) is 18.6 Å². The summed E-state index contributed by atoms with van der Waals surface area (Å²) >= 11 is 0. The normalized spacial score (nSPS) is 21.0. The van der Waals surface area contributed by atoms with Gasteiger partial charge in [-0.05, 0) is 30.9 Å². The maximum absolute atomic E-state index is 11.9. The molecule has 1 N–H and O–H groups in total. The standard InChI is InChI=1S/C17H21NO4/c1-12-4-2-3-5-15(12)18-16(20)11-22-17(21)14-8-6-13(10-19)7-9-14/h6-10,12,15H,2-5,11H2,1H3,(H,18,20)/t12-,15-/m0/s1. The third-order valence-corrected chi connectivity index (χ3v) is 4.07. The Morgan fingerprint density at radius 2 is 1.91 bits per heavy atom. The van der Waals surface area contributed by atoms with Crippen molar-refractivity contribution in [3.8, 4) is 0 Å². The zero-order valence-electron chi connectivity index (χ0n) is 12.7. The number of nitrogens with one attached hydrogen (secondary N) is 1. The first kappa shape index (κ1) is 16.2. The smallest absolute Gasteiger partial charge is 0.338 e. The van der Waals surface area contributed by atoms with Gasteiger partial charge >= 0.3 is 5.97 Å². The largest absolute Gasteiger partial charge is 0.452 e. The van der Waals surface area contributed by atoms with Gasteiger partial charge in [-0.2, -0.15) is 0 Å². The van der Waals surface area contributed by atoms with Gasteiger partial charge in [0.2, 0.25) is 0 Å². The third-order valence-electron chi connectivity index (χ3n) is 4.07. The van der Waals surface area contributed by atoms with Crippen LogP contribution in [0.15, 0.2) is 24.3 Å². The maximum Gasteiger partial charge on any atom is 0.338 e. The summed E-state index contributed by atoms with van der Waals surface area (Å²) in [6.45, 7) is 1.85. The van der Waals surface area contributed by atoms with Crippen LogP contribution in [0.25, 0.3) is 0 Å². The SMILES string of the molecule is C[C@H]1CCCC[C@@H]1NC(=O)COC(=O)c1ccc(C=O)cc1. The second-order valence-corrected chi connectivity index (χ2v) is 5.75. The summed E-state index contributed by atoms with van der Waals surface area (Å²) in [6, 6.07) is 6.26. The molecule has 1 saturated carbocycles. The fraction of sp³-hybridized carbons (Fsp3) is 0.471. The fourth-order valence-electron chi connectivity index (χ4n) is 2.69. The van der Waals surface area contributed by atoms with E-state index in [9.17, 15) is 14.4 Å². The minimum Gasteiger partial charge on any atom is -0.452 e. The van der Waals surface area contributed by atoms with E-state index in [2.05, 4.69) is 12.2 Å². The topological polar surface area (TPSA) is 72.5 Å². The predicted octanol–water partition coefficient (Wildman–Crippen LogP) is 2.35. The lowest BCUT2D eigenvalue weighted by molar-refractivity contribution is -0.125. The number of rotatable bonds is 5. The quantitative estimate of drug-likeness (QED) is 0.669. The highest BCUT2D eigenvalue weighted by Crippen LogP contribution is 2.23. The molecular formula is C17H21NO4. The molecule has 0 spiro atoms. The molecule has 2 atom stereocenters. The first-order valence-electron chi connectivity index (χ1n) is 7.62. The Labute approximate surface area is 130 Å². The molecule has 2 rings (SSSR count). The number of carbonyl (C=O) groups is 3. The van der Waals surface area contributed by atoms with E-state index in [4.69, 9.17) is 4.74 Å². The molecule has 118 valence electrons. The summed E-state index contributed by atoms with van der Waals surface area (Å²) in [6.07, 6.45) is 5.13. The molecule has 1 aromatic rings. The van der Waals surface area contributed by atoms with Crippen molar-refractivity contribution in [2.45, 2.75) is 38.6 Å². The van der Waals surface area contributed by atoms with Crippen LogP contribution >= 0.6 is 0 Å². The highest BCUT2D eigenvalue weighted by molar-refractivity contribution is 5.92. The molecule has 0 bridgehead atoms. The van der Waals surface area contributed by atoms with Gasteiger partial charge in [0.05, 0.1) is 5.56 Å². The summed E-state index contributed by atoms with van der Waals surface area (Å²) in [4.78, 5) is 34.2. The van der Waals surface area contributed by atoms with Crippen molar-refractivity contribution in [3.63, 3.8) is 0 Å². The van der Waals surface area contributed by atoms with Crippen molar-refractivity contribution in [2.24, 2.45) is 5.92 Å². The van der Waals surface area contributed by atoms with E-state index in [0.29, 0.717) is 23.3 Å². The Balaban J connectivity index is 1.79. The molecule has 0 saturated heterocycles. The van der Waals surface area contributed by atoms with Crippen LogP contribution in [0.1, 0.15) is 53.3 Å². The molecular weight excluding hydrogens is 282 g/mol. The molecule has 5 nitrogen and oxygen atoms in total. The minimum absolute atomic E-state index is 0.173. The summed E-state index contributed by atoms with van der Waals surface area (Å²) < 4.78 is 5.00. The molecule has 1 aliphatic carbocycles. The molecule has 0 radical (unpaired) electrons. The average molecular weight is 303 g/mol. The van der Waals surface area contributed by atoms with E-state index in [1.165, 1.54) is 30.7 Å². The molecule has 1 aromatic carbocycles. The number of benzene rings is 1. The first-order chi connectivity index (χ1) is 10.6. The molecule has 5 heteroatoms. The van der Waals surface area contributed by atoms with Crippen LogP contribution in [0.2, 0.25) is 0 Å². The zero-order valence-corrected chi connectivity index (χ0v) is 12.7. The van der Waals surface area contributed by atoms with Crippen molar-refractivity contribution in [1.82, 2.24) is 5.32 Å². The van der Waals surface area contributed by atoms with Gasteiger partial charge in [0.1, 0.15) is 6.29 Å². The van der Waals surface area contributed by atoms with E-state index in [1.807, 2.05) is 0 Å². The summed E-state index contributed by atoms with van der Waals surface area (Å²) in [5.41, 5.74) is 0.810. The fourth-order valence-corrected chi connectivity index (χ4v) is 2.69. The zero-order chi connectivity index (χ0) is 15.9. The van der Waals surface area contributed by atoms with Crippen LogP contribution in [0, 0.1) is 5.92 Å². The van der Waals surface area contributed by atoms with Crippen LogP contribution in [-0.4, -0.2) is 30.8 Å². The predicted molar refractivity (Wildman–Crippen MR) is 81.7 cm³/mol. The Bertz CT molecular complexity index is 538. The van der Waals surface area contributed by atoms with E-state index >= 15 is 0 Å². The van der Waals surface area contributed by atoms with E-state index in [0.717, 1.165) is 19.3 Å². The molecule has 0 aromatic heterocycles. The number of ether oxygens (including phenoxy) is 1. The Kier molecular flexibility index (Phi) is 5.69. The average Bonchev–Trinajstić information content (AvgIpc) is 2.55. The summed E-state index contributed by atoms with van der Waals surface area (Å²) in [5, 5.41) is 2.93. The highest BCUT2D eigenvalue weighted by atomic mass is 16.5. The lowest BCUT2D eigenvalue weighted by Gasteiger charge is -2.29. The van der Waals surface area contributed by atoms with Crippen LogP contribution in [0.5, 0.6) is 0 Å². The van der Waals surface area contributed by atoms with Gasteiger partial charge in [-0.1, -0.05) is 31.9 Å². The van der Waals surface area contributed by atoms with Gasteiger partial charge < -0.3 is 10.1 Å². The number of hydrogen-bond acceptors (Lipinski definition) is 4. The van der Waals surface area contributed by atoms with Crippen molar-refractivity contribution in [3.05, 3.63) is 35.4 Å². The van der Waals surface area contributed by atoms with Crippen LogP contribution in [0.3, 0.4) is 0 Å². The van der Waals surface area contributed by atoms with Gasteiger partial charge in [-0.25, -0.2) is 4.79 Å². The number of carbonyl (C=O) groups excluding carboxylic acids is 3. The van der Waals surface area contributed by atoms with E-state index < -0.39 is 5.97 Å². The van der Waals surface area contributed by atoms with Gasteiger partial charge in [0.25, 0.3) is 5.91 Å². The van der Waals surface area contributed by atoms with Gasteiger partial charge in [-0.15, -0.1) is 0 Å². The maximum atomic E-state index is 11.9. The van der Waals surface area contributed by atoms with E-state index in [1.54, 1.807) is 0 Å².